The molecule has 0 fully saturated rings. The van der Waals surface area contributed by atoms with Crippen LogP contribution in [0.25, 0.3) is 16.9 Å². The molecular formula is C21H16ClFN6O2. The molecule has 0 aliphatic heterocycles. The van der Waals surface area contributed by atoms with Gasteiger partial charge in [-0.3, -0.25) is 4.98 Å². The molecule has 156 valence electrons. The van der Waals surface area contributed by atoms with Crippen LogP contribution in [0.15, 0.2) is 48.9 Å². The molecule has 0 unspecified atom stereocenters. The zero-order chi connectivity index (χ0) is 22.1. The number of nitrogens with one attached hydrogen (secondary N) is 1. The van der Waals surface area contributed by atoms with Crippen molar-refractivity contribution in [2.75, 3.05) is 5.32 Å². The molecule has 0 amide bonds. The summed E-state index contributed by atoms with van der Waals surface area (Å²) in [5, 5.41) is 16.8. The summed E-state index contributed by atoms with van der Waals surface area (Å²) in [6.45, 7) is 3.74. The quantitative estimate of drug-likeness (QED) is 0.470. The summed E-state index contributed by atoms with van der Waals surface area (Å²) < 4.78 is 15.1. The van der Waals surface area contributed by atoms with E-state index in [0.29, 0.717) is 22.6 Å². The first kappa shape index (κ1) is 20.4. The van der Waals surface area contributed by atoms with Gasteiger partial charge in [-0.1, -0.05) is 11.6 Å². The van der Waals surface area contributed by atoms with Gasteiger partial charge in [-0.15, -0.1) is 0 Å². The Kier molecular flexibility index (Phi) is 5.35. The third kappa shape index (κ3) is 4.22. The van der Waals surface area contributed by atoms with E-state index in [9.17, 15) is 14.3 Å². The van der Waals surface area contributed by atoms with E-state index in [4.69, 9.17) is 11.6 Å². The molecule has 4 rings (SSSR count). The summed E-state index contributed by atoms with van der Waals surface area (Å²) >= 11 is 5.85. The Morgan fingerprint density at radius 2 is 1.97 bits per heavy atom. The second-order valence-corrected chi connectivity index (χ2v) is 7.20. The normalized spacial score (nSPS) is 10.8. The predicted molar refractivity (Wildman–Crippen MR) is 114 cm³/mol. The van der Waals surface area contributed by atoms with E-state index >= 15 is 0 Å². The molecule has 1 aromatic carbocycles. The summed E-state index contributed by atoms with van der Waals surface area (Å²) in [5.74, 6) is -0.955. The molecule has 3 heterocycles. The first-order valence-corrected chi connectivity index (χ1v) is 9.51. The fourth-order valence-electron chi connectivity index (χ4n) is 3.05. The van der Waals surface area contributed by atoms with Crippen LogP contribution >= 0.6 is 11.6 Å². The van der Waals surface area contributed by atoms with Gasteiger partial charge in [-0.2, -0.15) is 10.1 Å². The third-order valence-corrected chi connectivity index (χ3v) is 4.74. The fraction of sp³-hybridized carbons (Fsp3) is 0.0952. The summed E-state index contributed by atoms with van der Waals surface area (Å²) in [7, 11) is 0. The number of carbonyl (C=O) groups is 1. The van der Waals surface area contributed by atoms with Gasteiger partial charge in [0.1, 0.15) is 5.82 Å². The van der Waals surface area contributed by atoms with Gasteiger partial charge in [0.2, 0.25) is 5.95 Å². The van der Waals surface area contributed by atoms with Crippen molar-refractivity contribution >= 4 is 29.2 Å². The number of pyridine rings is 1. The minimum Gasteiger partial charge on any atom is -0.478 e. The van der Waals surface area contributed by atoms with Gasteiger partial charge in [0.25, 0.3) is 0 Å². The molecule has 0 aliphatic rings. The second kappa shape index (κ2) is 8.11. The summed E-state index contributed by atoms with van der Waals surface area (Å²) in [6.07, 6.45) is 4.35. The number of nitrogens with zero attached hydrogens (tertiary/aromatic N) is 5. The van der Waals surface area contributed by atoms with E-state index in [2.05, 4.69) is 25.4 Å². The largest absolute Gasteiger partial charge is 0.478 e. The molecule has 4 aromatic rings. The highest BCUT2D eigenvalue weighted by Gasteiger charge is 2.17. The van der Waals surface area contributed by atoms with Gasteiger partial charge < -0.3 is 10.4 Å². The molecule has 0 aliphatic carbocycles. The number of carboxylic acid groups (broad SMARTS) is 1. The summed E-state index contributed by atoms with van der Waals surface area (Å²) in [5.41, 5.74) is 3.24. The average molecular weight is 439 g/mol. The monoisotopic (exact) mass is 438 g/mol. The van der Waals surface area contributed by atoms with Crippen molar-refractivity contribution < 1.29 is 14.3 Å². The number of benzene rings is 1. The van der Waals surface area contributed by atoms with Gasteiger partial charge in [-0.25, -0.2) is 18.9 Å². The van der Waals surface area contributed by atoms with Gasteiger partial charge in [0.05, 0.1) is 16.3 Å². The highest BCUT2D eigenvalue weighted by atomic mass is 35.5. The Morgan fingerprint density at radius 1 is 1.16 bits per heavy atom. The number of aromatic nitrogens is 5. The Hall–Kier alpha value is -3.85. The van der Waals surface area contributed by atoms with Crippen LogP contribution in [0.1, 0.15) is 21.7 Å². The van der Waals surface area contributed by atoms with Crippen molar-refractivity contribution in [2.45, 2.75) is 13.8 Å². The van der Waals surface area contributed by atoms with Crippen LogP contribution < -0.4 is 5.32 Å². The van der Waals surface area contributed by atoms with Crippen molar-refractivity contribution in [1.82, 2.24) is 24.7 Å². The highest BCUT2D eigenvalue weighted by molar-refractivity contribution is 6.31. The van der Waals surface area contributed by atoms with E-state index < -0.39 is 11.8 Å². The average Bonchev–Trinajstić information content (AvgIpc) is 3.08. The number of aryl methyl sites for hydroxylation is 2. The number of hydrogen-bond donors (Lipinski definition) is 2. The lowest BCUT2D eigenvalue weighted by Gasteiger charge is -2.13. The molecule has 3 aromatic heterocycles. The van der Waals surface area contributed by atoms with E-state index in [0.717, 1.165) is 11.4 Å². The van der Waals surface area contributed by atoms with Gasteiger partial charge >= 0.3 is 5.97 Å². The predicted octanol–water partition coefficient (Wildman–Crippen LogP) is 4.58. The minimum absolute atomic E-state index is 0.0306. The molecule has 0 spiro atoms. The Balaban J connectivity index is 1.83. The van der Waals surface area contributed by atoms with E-state index in [1.165, 1.54) is 36.7 Å². The summed E-state index contributed by atoms with van der Waals surface area (Å²) in [6, 6.07) is 7.57. The number of rotatable bonds is 5. The van der Waals surface area contributed by atoms with Crippen LogP contribution in [0.3, 0.4) is 0 Å². The topological polar surface area (TPSA) is 106 Å². The summed E-state index contributed by atoms with van der Waals surface area (Å²) in [4.78, 5) is 24.3. The maximum Gasteiger partial charge on any atom is 0.337 e. The van der Waals surface area contributed by atoms with Gasteiger partial charge in [-0.05, 0) is 44.2 Å². The molecule has 0 saturated heterocycles. The van der Waals surface area contributed by atoms with Gasteiger partial charge in [0.15, 0.2) is 5.82 Å². The fourth-order valence-corrected chi connectivity index (χ4v) is 3.23. The molecule has 2 N–H and O–H groups in total. The Bertz CT molecular complexity index is 1310. The van der Waals surface area contributed by atoms with Crippen molar-refractivity contribution in [3.63, 3.8) is 0 Å². The number of aromatic carboxylic acids is 1. The van der Waals surface area contributed by atoms with Gasteiger partial charge in [0, 0.05) is 41.1 Å². The van der Waals surface area contributed by atoms with Crippen molar-refractivity contribution in [3.05, 3.63) is 76.7 Å². The Labute approximate surface area is 181 Å². The molecular weight excluding hydrogens is 423 g/mol. The molecule has 0 bridgehead atoms. The number of halogens is 2. The lowest BCUT2D eigenvalue weighted by molar-refractivity contribution is 0.0696. The number of carboxylic acids is 1. The Morgan fingerprint density at radius 3 is 2.65 bits per heavy atom. The maximum atomic E-state index is 13.4. The first-order valence-electron chi connectivity index (χ1n) is 9.13. The van der Waals surface area contributed by atoms with Crippen LogP contribution in [0.5, 0.6) is 0 Å². The third-order valence-electron chi connectivity index (χ3n) is 4.45. The van der Waals surface area contributed by atoms with Crippen LogP contribution in [-0.2, 0) is 0 Å². The molecule has 31 heavy (non-hydrogen) atoms. The van der Waals surface area contributed by atoms with E-state index in [1.54, 1.807) is 10.9 Å². The molecule has 10 heteroatoms. The zero-order valence-electron chi connectivity index (χ0n) is 16.5. The van der Waals surface area contributed by atoms with Crippen LogP contribution in [0.2, 0.25) is 5.02 Å². The number of hydrogen-bond acceptors (Lipinski definition) is 6. The number of anilines is 2. The van der Waals surface area contributed by atoms with Crippen LogP contribution in [0.4, 0.5) is 16.0 Å². The lowest BCUT2D eigenvalue weighted by Crippen LogP contribution is -2.08. The van der Waals surface area contributed by atoms with Crippen LogP contribution in [-0.4, -0.2) is 35.8 Å². The van der Waals surface area contributed by atoms with Crippen molar-refractivity contribution in [3.8, 4) is 16.9 Å². The van der Waals surface area contributed by atoms with Crippen molar-refractivity contribution in [1.29, 1.82) is 0 Å². The van der Waals surface area contributed by atoms with Crippen LogP contribution in [0, 0.1) is 19.7 Å². The lowest BCUT2D eigenvalue weighted by atomic mass is 10.1. The van der Waals surface area contributed by atoms with E-state index in [-0.39, 0.29) is 16.5 Å². The first-order chi connectivity index (χ1) is 14.8. The smallest absolute Gasteiger partial charge is 0.337 e. The standard InChI is InChI=1S/C21H16ClFN6O2/c1-11-5-12(2)29(28-11)19-16(13-6-14(20(30)31)9-24-8-13)10-25-21(27-19)26-15-3-4-18(23)17(22)7-15/h3-10H,1-2H3,(H,30,31)(H,25,26,27). The second-order valence-electron chi connectivity index (χ2n) is 6.79. The SMILES string of the molecule is Cc1cc(C)n(-c2nc(Nc3ccc(F)c(Cl)c3)ncc2-c2cncc(C(=O)O)c2)n1. The molecule has 0 saturated carbocycles. The molecule has 8 nitrogen and oxygen atoms in total. The molecule has 0 radical (unpaired) electrons. The van der Waals surface area contributed by atoms with Crippen molar-refractivity contribution in [2.24, 2.45) is 0 Å². The highest BCUT2D eigenvalue weighted by Crippen LogP contribution is 2.28. The molecule has 0 atom stereocenters. The maximum absolute atomic E-state index is 13.4. The minimum atomic E-state index is -1.09. The zero-order valence-corrected chi connectivity index (χ0v) is 17.2. The van der Waals surface area contributed by atoms with E-state index in [1.807, 2.05) is 19.9 Å².